The average molecular weight is 1130 g/mol. The highest BCUT2D eigenvalue weighted by molar-refractivity contribution is 7.99. The third kappa shape index (κ3) is 15.9. The van der Waals surface area contributed by atoms with Crippen molar-refractivity contribution in [2.75, 3.05) is 13.2 Å². The van der Waals surface area contributed by atoms with E-state index in [2.05, 4.69) is 0 Å². The zero-order valence-electron chi connectivity index (χ0n) is 46.0. The first-order valence-electron chi connectivity index (χ1n) is 27.5. The van der Waals surface area contributed by atoms with Crippen LogP contribution in [0.5, 0.6) is 0 Å². The molecule has 0 radical (unpaired) electrons. The molecule has 0 unspecified atom stereocenters. The fourth-order valence-electron chi connectivity index (χ4n) is 9.96. The quantitative estimate of drug-likeness (QED) is 0.0350. The molecule has 0 aromatic heterocycles. The molecule has 2 amide bonds. The lowest BCUT2D eigenvalue weighted by Crippen LogP contribution is -2.68. The zero-order valence-corrected chi connectivity index (χ0v) is 46.8. The molecule has 17 heteroatoms. The number of thioether (sulfide) groups is 1. The van der Waals surface area contributed by atoms with Crippen LogP contribution in [0.15, 0.2) is 175 Å². The monoisotopic (exact) mass is 1130 g/mol. The third-order valence-corrected chi connectivity index (χ3v) is 15.3. The third-order valence-electron chi connectivity index (χ3n) is 14.1. The molecular weight excluding hydrogens is 1070 g/mol. The second kappa shape index (κ2) is 29.2. The predicted molar refractivity (Wildman–Crippen MR) is 302 cm³/mol. The van der Waals surface area contributed by atoms with Crippen LogP contribution in [-0.2, 0) is 88.2 Å². The number of aryl methyl sites for hydroxylation is 1. The maximum Gasteiger partial charge on any atom is 0.306 e. The summed E-state index contributed by atoms with van der Waals surface area (Å²) in [6.45, 7) is 4.72. The zero-order chi connectivity index (χ0) is 57.4. The van der Waals surface area contributed by atoms with Crippen LogP contribution in [0.2, 0.25) is 0 Å². The van der Waals surface area contributed by atoms with E-state index < -0.39 is 84.2 Å². The molecule has 0 bridgehead atoms. The van der Waals surface area contributed by atoms with Crippen LogP contribution >= 0.6 is 11.8 Å². The number of hydrogen-bond donors (Lipinski definition) is 0. The largest absolute Gasteiger partial charge is 0.457 e. The van der Waals surface area contributed by atoms with E-state index >= 15 is 0 Å². The topological polar surface area (TPSA) is 189 Å². The Morgan fingerprint density at radius 1 is 0.476 bits per heavy atom. The van der Waals surface area contributed by atoms with Gasteiger partial charge >= 0.3 is 11.9 Å². The van der Waals surface area contributed by atoms with Gasteiger partial charge in [-0.1, -0.05) is 163 Å². The minimum atomic E-state index is -1.64. The summed E-state index contributed by atoms with van der Waals surface area (Å²) in [5, 5.41) is 0. The molecule has 0 saturated carbocycles. The number of carbonyl (C=O) groups excluding carboxylic acids is 6. The number of benzene rings is 6. The van der Waals surface area contributed by atoms with Gasteiger partial charge in [0.05, 0.1) is 63.6 Å². The minimum absolute atomic E-state index is 0.00111. The molecule has 3 aliphatic rings. The Bertz CT molecular complexity index is 3040. The summed E-state index contributed by atoms with van der Waals surface area (Å²) in [6, 6.07) is 50.4. The summed E-state index contributed by atoms with van der Waals surface area (Å²) in [5.74, 6) is -3.46. The van der Waals surface area contributed by atoms with Gasteiger partial charge in [-0.05, 0) is 67.3 Å². The molecule has 9 rings (SSSR count). The van der Waals surface area contributed by atoms with Gasteiger partial charge in [-0.2, -0.15) is 0 Å². The Hall–Kier alpha value is -7.19. The lowest BCUT2D eigenvalue weighted by molar-refractivity contribution is -0.348. The summed E-state index contributed by atoms with van der Waals surface area (Å²) >= 11 is 1.21. The molecule has 82 heavy (non-hydrogen) atoms. The van der Waals surface area contributed by atoms with E-state index in [1.165, 1.54) is 25.6 Å². The van der Waals surface area contributed by atoms with Crippen molar-refractivity contribution in [3.8, 4) is 0 Å². The molecular formula is C65H67NO15S. The van der Waals surface area contributed by atoms with Crippen LogP contribution in [0.3, 0.4) is 0 Å². The lowest BCUT2D eigenvalue weighted by Gasteiger charge is -2.51. The number of ether oxygens (including phenoxy) is 9. The minimum Gasteiger partial charge on any atom is -0.457 e. The highest BCUT2D eigenvalue weighted by Crippen LogP contribution is 2.43. The van der Waals surface area contributed by atoms with Gasteiger partial charge in [-0.15, -0.1) is 0 Å². The van der Waals surface area contributed by atoms with Crippen LogP contribution in [0.25, 0.3) is 0 Å². The van der Waals surface area contributed by atoms with Crippen molar-refractivity contribution in [1.82, 2.24) is 4.90 Å². The van der Waals surface area contributed by atoms with E-state index in [1.807, 2.05) is 153 Å². The Kier molecular flexibility index (Phi) is 21.1. The Morgan fingerprint density at radius 2 is 0.902 bits per heavy atom. The number of amides is 2. The summed E-state index contributed by atoms with van der Waals surface area (Å²) in [7, 11) is 0. The van der Waals surface area contributed by atoms with Crippen LogP contribution in [-0.4, -0.2) is 114 Å². The molecule has 6 aromatic rings. The number of ketones is 2. The van der Waals surface area contributed by atoms with Gasteiger partial charge in [0.25, 0.3) is 11.8 Å². The van der Waals surface area contributed by atoms with E-state index in [4.69, 9.17) is 42.6 Å². The summed E-state index contributed by atoms with van der Waals surface area (Å²) < 4.78 is 61.2. The number of nitrogens with zero attached hydrogens (tertiary/aromatic N) is 1. The molecule has 0 spiro atoms. The number of esters is 2. The molecule has 2 fully saturated rings. The molecule has 10 atom stereocenters. The normalized spacial score (nSPS) is 23.2. The highest BCUT2D eigenvalue weighted by Gasteiger charge is 2.59. The molecule has 3 aliphatic heterocycles. The van der Waals surface area contributed by atoms with Gasteiger partial charge in [0, 0.05) is 17.7 Å². The van der Waals surface area contributed by atoms with Crippen molar-refractivity contribution >= 4 is 47.1 Å². The van der Waals surface area contributed by atoms with Crippen LogP contribution in [0, 0.1) is 6.92 Å². The number of carbonyl (C=O) groups is 6. The molecule has 6 aromatic carbocycles. The Morgan fingerprint density at radius 3 is 1.38 bits per heavy atom. The summed E-state index contributed by atoms with van der Waals surface area (Å²) in [5.41, 5.74) is 3.42. The van der Waals surface area contributed by atoms with E-state index in [0.29, 0.717) is 4.90 Å². The molecule has 16 nitrogen and oxygen atoms in total. The van der Waals surface area contributed by atoms with Gasteiger partial charge in [-0.3, -0.25) is 24.1 Å². The van der Waals surface area contributed by atoms with Crippen molar-refractivity contribution in [1.29, 1.82) is 0 Å². The second-order valence-electron chi connectivity index (χ2n) is 20.5. The van der Waals surface area contributed by atoms with Crippen LogP contribution in [0.1, 0.15) is 88.1 Å². The number of rotatable bonds is 27. The molecule has 2 saturated heterocycles. The molecule has 0 aliphatic carbocycles. The summed E-state index contributed by atoms with van der Waals surface area (Å²) in [6.07, 6.45) is -11.6. The Labute approximate surface area is 481 Å². The molecule has 0 N–H and O–H groups in total. The van der Waals surface area contributed by atoms with Gasteiger partial charge in [0.1, 0.15) is 53.6 Å². The number of fused-ring (bicyclic) bond motifs is 1. The maximum atomic E-state index is 14.9. The molecule has 428 valence electrons. The fraction of sp³-hybridized carbons (Fsp3) is 0.354. The van der Waals surface area contributed by atoms with Gasteiger partial charge in [0.15, 0.2) is 18.5 Å². The first kappa shape index (κ1) is 59.4. The van der Waals surface area contributed by atoms with E-state index in [1.54, 1.807) is 24.3 Å². The van der Waals surface area contributed by atoms with Crippen molar-refractivity contribution < 1.29 is 71.4 Å². The lowest BCUT2D eigenvalue weighted by atomic mass is 9.94. The van der Waals surface area contributed by atoms with Crippen molar-refractivity contribution in [3.05, 3.63) is 209 Å². The smallest absolute Gasteiger partial charge is 0.306 e. The first-order chi connectivity index (χ1) is 39.9. The second-order valence-corrected chi connectivity index (χ2v) is 21.6. The first-order valence-corrected chi connectivity index (χ1v) is 28.4. The van der Waals surface area contributed by atoms with E-state index in [-0.39, 0.29) is 88.0 Å². The maximum absolute atomic E-state index is 14.9. The van der Waals surface area contributed by atoms with Crippen LogP contribution < -0.4 is 0 Å². The fourth-order valence-corrected chi connectivity index (χ4v) is 11.1. The molecule has 3 heterocycles. The van der Waals surface area contributed by atoms with Gasteiger partial charge < -0.3 is 52.2 Å². The average Bonchev–Trinajstić information content (AvgIpc) is 3.14. The highest BCUT2D eigenvalue weighted by atomic mass is 32.2. The van der Waals surface area contributed by atoms with Crippen molar-refractivity contribution in [2.45, 2.75) is 138 Å². The van der Waals surface area contributed by atoms with E-state index in [9.17, 15) is 28.8 Å². The van der Waals surface area contributed by atoms with Gasteiger partial charge in [0.2, 0.25) is 0 Å². The Balaban J connectivity index is 1.18. The van der Waals surface area contributed by atoms with E-state index in [0.717, 1.165) is 32.7 Å². The van der Waals surface area contributed by atoms with Crippen molar-refractivity contribution in [2.24, 2.45) is 0 Å². The standard InChI is InChI=1S/C65H67NO15S/c1-42-28-32-49(33-29-42)82-65-56(66-62(71)50-26-16-17-27-51(50)63(66)72)59(79-54(69)34-30-43(2)67)58(53(78-65)41-74-37-46-20-10-5-11-21-46)81-64-61(80-55(70)35-31-44(3)68)60(76-39-48-24-14-7-15-25-48)57(75-38-47-22-12-6-13-23-47)52(77-64)40-73-36-45-18-8-4-9-19-45/h4-29,32-33,52-53,56-61,64-65H,30-31,34-41H2,1-3H3/t52-,53-,56-,57+,58-,59-,60+,61-,64+,65+/m1/s1. The summed E-state index contributed by atoms with van der Waals surface area (Å²) in [4.78, 5) is 85.1. The van der Waals surface area contributed by atoms with Gasteiger partial charge in [-0.25, -0.2) is 0 Å². The van der Waals surface area contributed by atoms with Crippen molar-refractivity contribution in [3.63, 3.8) is 0 Å². The number of hydrogen-bond acceptors (Lipinski definition) is 16. The predicted octanol–water partition coefficient (Wildman–Crippen LogP) is 9.75. The number of imide groups is 1. The van der Waals surface area contributed by atoms with Crippen LogP contribution in [0.4, 0.5) is 0 Å². The number of Topliss-reactive ketones (excluding diaryl/α,β-unsaturated/α-hetero) is 2. The SMILES string of the molecule is CC(=O)CCC(=O)O[C@H]1[C@H](O[C@H]2[C@H](OC(=O)CCC(C)=O)[C@@H](N3C(=O)c4ccccc4C3=O)[C@H](Sc3ccc(C)cc3)O[C@@H]2COCc2ccccc2)O[C@H](COCc2ccccc2)[C@H](OCc2ccccc2)[C@@H]1OCc1ccccc1.